The van der Waals surface area contributed by atoms with Crippen LogP contribution >= 0.6 is 0 Å². The molecule has 1 aliphatic rings. The van der Waals surface area contributed by atoms with E-state index in [1.807, 2.05) is 24.3 Å². The molecule has 1 unspecified atom stereocenters. The topological polar surface area (TPSA) is 135 Å². The van der Waals surface area contributed by atoms with E-state index in [9.17, 15) is 9.59 Å². The third-order valence-corrected chi connectivity index (χ3v) is 5.43. The summed E-state index contributed by atoms with van der Waals surface area (Å²) < 4.78 is 12.0. The van der Waals surface area contributed by atoms with E-state index in [0.29, 0.717) is 43.4 Å². The zero-order valence-electron chi connectivity index (χ0n) is 20.5. The average Bonchev–Trinajstić information content (AvgIpc) is 3.09. The number of carbonyl (C=O) groups is 1. The van der Waals surface area contributed by atoms with Crippen LogP contribution in [0.1, 0.15) is 31.3 Å². The second-order valence-electron chi connectivity index (χ2n) is 7.73. The predicted molar refractivity (Wildman–Crippen MR) is 132 cm³/mol. The van der Waals surface area contributed by atoms with E-state index in [0.717, 1.165) is 11.3 Å². The number of benzene rings is 1. The van der Waals surface area contributed by atoms with E-state index in [-0.39, 0.29) is 12.2 Å². The van der Waals surface area contributed by atoms with Crippen LogP contribution in [0.15, 0.2) is 53.7 Å². The first-order valence-corrected chi connectivity index (χ1v) is 11.5. The van der Waals surface area contributed by atoms with Crippen molar-refractivity contribution in [2.24, 2.45) is 0 Å². The summed E-state index contributed by atoms with van der Waals surface area (Å²) in [7, 11) is 1.62. The van der Waals surface area contributed by atoms with Gasteiger partial charge in [-0.3, -0.25) is 9.36 Å². The van der Waals surface area contributed by atoms with Gasteiger partial charge in [0.1, 0.15) is 17.9 Å². The Morgan fingerprint density at radius 1 is 1.22 bits per heavy atom. The van der Waals surface area contributed by atoms with Gasteiger partial charge in [0.25, 0.3) is 5.56 Å². The minimum atomic E-state index is -0.411. The Morgan fingerprint density at radius 3 is 2.61 bits per heavy atom. The Kier molecular flexibility index (Phi) is 9.48. The maximum atomic E-state index is 13.0. The first kappa shape index (κ1) is 26.3. The summed E-state index contributed by atoms with van der Waals surface area (Å²) in [4.78, 5) is 40.0. The minimum Gasteiger partial charge on any atom is -0.497 e. The van der Waals surface area contributed by atoms with Crippen LogP contribution in [0.25, 0.3) is 11.4 Å². The molecule has 11 nitrogen and oxygen atoms in total. The molecule has 0 saturated carbocycles. The van der Waals surface area contributed by atoms with Gasteiger partial charge in [0, 0.05) is 45.4 Å². The quantitative estimate of drug-likeness (QED) is 0.552. The van der Waals surface area contributed by atoms with Crippen molar-refractivity contribution in [3.8, 4) is 23.2 Å². The molecule has 1 aliphatic heterocycles. The normalized spacial score (nSPS) is 14.4. The standard InChI is InChI=1S/C23H26N6O4.C2H3N/c1-3-33-23(31)28-10-11-29-21(30)12-19(18-8-9-24-15-26-18)27-22(29)20(14-28)25-13-16-4-6-17(32-2)7-5-16;1-2-3/h4-9,12,15,20,25H,3,10-11,13-14H2,1-2H3;1H3. The summed E-state index contributed by atoms with van der Waals surface area (Å²) in [5, 5.41) is 10.8. The molecule has 0 spiro atoms. The average molecular weight is 492 g/mol. The third kappa shape index (κ3) is 6.64. The molecule has 0 fully saturated rings. The fourth-order valence-corrected chi connectivity index (χ4v) is 3.72. The lowest BCUT2D eigenvalue weighted by atomic mass is 10.1. The molecule has 0 bridgehead atoms. The fraction of sp³-hybridized carbons (Fsp3) is 0.360. The lowest BCUT2D eigenvalue weighted by Gasteiger charge is -2.24. The van der Waals surface area contributed by atoms with E-state index in [1.54, 1.807) is 41.8 Å². The Labute approximate surface area is 209 Å². The molecule has 4 rings (SSSR count). The van der Waals surface area contributed by atoms with E-state index in [1.165, 1.54) is 19.3 Å². The van der Waals surface area contributed by atoms with Gasteiger partial charge in [-0.05, 0) is 30.7 Å². The molecule has 1 aromatic carbocycles. The highest BCUT2D eigenvalue weighted by Gasteiger charge is 2.29. The molecule has 0 aliphatic carbocycles. The number of amides is 1. The van der Waals surface area contributed by atoms with Crippen LogP contribution in [0.5, 0.6) is 5.75 Å². The molecule has 3 heterocycles. The van der Waals surface area contributed by atoms with Gasteiger partial charge in [0.15, 0.2) is 0 Å². The van der Waals surface area contributed by atoms with E-state index < -0.39 is 12.1 Å². The molecule has 0 radical (unpaired) electrons. The van der Waals surface area contributed by atoms with Crippen molar-refractivity contribution in [3.05, 3.63) is 70.7 Å². The SMILES string of the molecule is CC#N.CCOC(=O)N1CCn2c(nc(-c3ccncn3)cc2=O)C(NCc2ccc(OC)cc2)C1. The molecule has 36 heavy (non-hydrogen) atoms. The minimum absolute atomic E-state index is 0.199. The smallest absolute Gasteiger partial charge is 0.409 e. The number of ether oxygens (including phenoxy) is 2. The highest BCUT2D eigenvalue weighted by atomic mass is 16.6. The summed E-state index contributed by atoms with van der Waals surface area (Å²) >= 11 is 0. The number of methoxy groups -OCH3 is 1. The highest BCUT2D eigenvalue weighted by molar-refractivity contribution is 5.67. The largest absolute Gasteiger partial charge is 0.497 e. The van der Waals surface area contributed by atoms with Gasteiger partial charge in [0.05, 0.1) is 37.2 Å². The summed E-state index contributed by atoms with van der Waals surface area (Å²) in [5.74, 6) is 1.33. The zero-order valence-corrected chi connectivity index (χ0v) is 20.5. The third-order valence-electron chi connectivity index (χ3n) is 5.43. The number of aromatic nitrogens is 4. The Bertz CT molecular complexity index is 1240. The molecule has 1 N–H and O–H groups in total. The first-order chi connectivity index (χ1) is 17.5. The first-order valence-electron chi connectivity index (χ1n) is 11.5. The number of nitriles is 1. The van der Waals surface area contributed by atoms with Crippen molar-refractivity contribution in [1.29, 1.82) is 5.26 Å². The van der Waals surface area contributed by atoms with E-state index in [2.05, 4.69) is 15.3 Å². The lowest BCUT2D eigenvalue weighted by Crippen LogP contribution is -2.38. The number of hydrogen-bond acceptors (Lipinski definition) is 9. The molecular weight excluding hydrogens is 462 g/mol. The molecule has 1 amide bonds. The number of nitrogens with zero attached hydrogens (tertiary/aromatic N) is 6. The number of hydrogen-bond donors (Lipinski definition) is 1. The van der Waals surface area contributed by atoms with Crippen LogP contribution in [0.3, 0.4) is 0 Å². The Morgan fingerprint density at radius 2 is 1.97 bits per heavy atom. The molecular formula is C25H29N7O4. The second-order valence-corrected chi connectivity index (χ2v) is 7.73. The van der Waals surface area contributed by atoms with Crippen molar-refractivity contribution < 1.29 is 14.3 Å². The van der Waals surface area contributed by atoms with Crippen LogP contribution in [0.4, 0.5) is 4.79 Å². The number of fused-ring (bicyclic) bond motifs is 1. The van der Waals surface area contributed by atoms with Crippen molar-refractivity contribution in [1.82, 2.24) is 29.7 Å². The summed E-state index contributed by atoms with van der Waals surface area (Å²) in [5.41, 5.74) is 1.86. The number of carbonyl (C=O) groups excluding carboxylic acids is 1. The van der Waals surface area contributed by atoms with Crippen LogP contribution in [-0.4, -0.2) is 57.3 Å². The van der Waals surface area contributed by atoms with Crippen molar-refractivity contribution in [2.45, 2.75) is 33.0 Å². The molecule has 3 aromatic rings. The zero-order chi connectivity index (χ0) is 25.9. The highest BCUT2D eigenvalue weighted by Crippen LogP contribution is 2.21. The van der Waals surface area contributed by atoms with Gasteiger partial charge in [-0.1, -0.05) is 12.1 Å². The monoisotopic (exact) mass is 491 g/mol. The maximum Gasteiger partial charge on any atom is 0.409 e. The maximum absolute atomic E-state index is 13.0. The molecule has 11 heteroatoms. The summed E-state index contributed by atoms with van der Waals surface area (Å²) in [6.07, 6.45) is 2.61. The van der Waals surface area contributed by atoms with Crippen LogP contribution < -0.4 is 15.6 Å². The molecule has 2 aromatic heterocycles. The van der Waals surface area contributed by atoms with Gasteiger partial charge >= 0.3 is 6.09 Å². The van der Waals surface area contributed by atoms with Gasteiger partial charge in [-0.25, -0.2) is 19.7 Å². The summed E-state index contributed by atoms with van der Waals surface area (Å²) in [6.45, 7) is 4.98. The van der Waals surface area contributed by atoms with Gasteiger partial charge in [-0.15, -0.1) is 0 Å². The van der Waals surface area contributed by atoms with Crippen molar-refractivity contribution in [2.75, 3.05) is 26.8 Å². The van der Waals surface area contributed by atoms with E-state index >= 15 is 0 Å². The van der Waals surface area contributed by atoms with Crippen LogP contribution in [-0.2, 0) is 17.8 Å². The Hall–Kier alpha value is -4.30. The summed E-state index contributed by atoms with van der Waals surface area (Å²) in [6, 6.07) is 12.2. The molecule has 0 saturated heterocycles. The van der Waals surface area contributed by atoms with Crippen LogP contribution in [0, 0.1) is 11.3 Å². The van der Waals surface area contributed by atoms with E-state index in [4.69, 9.17) is 19.7 Å². The van der Waals surface area contributed by atoms with Gasteiger partial charge in [-0.2, -0.15) is 5.26 Å². The molecule has 188 valence electrons. The van der Waals surface area contributed by atoms with Crippen LogP contribution in [0.2, 0.25) is 0 Å². The molecule has 1 atom stereocenters. The lowest BCUT2D eigenvalue weighted by molar-refractivity contribution is 0.104. The second kappa shape index (κ2) is 13.0. The van der Waals surface area contributed by atoms with Gasteiger partial charge < -0.3 is 19.7 Å². The number of rotatable bonds is 6. The number of nitrogens with one attached hydrogen (secondary N) is 1. The van der Waals surface area contributed by atoms with Crippen molar-refractivity contribution in [3.63, 3.8) is 0 Å². The predicted octanol–water partition coefficient (Wildman–Crippen LogP) is 2.54. The van der Waals surface area contributed by atoms with Crippen molar-refractivity contribution >= 4 is 6.09 Å². The van der Waals surface area contributed by atoms with Gasteiger partial charge in [0.2, 0.25) is 0 Å². The fourth-order valence-electron chi connectivity index (χ4n) is 3.72. The Balaban J connectivity index is 0.00000115.